The van der Waals surface area contributed by atoms with Crippen LogP contribution in [0.4, 0.5) is 0 Å². The molecule has 0 fully saturated rings. The van der Waals surface area contributed by atoms with E-state index in [-0.39, 0.29) is 0 Å². The monoisotopic (exact) mass is 298 g/mol. The highest BCUT2D eigenvalue weighted by Crippen LogP contribution is 2.22. The van der Waals surface area contributed by atoms with Crippen molar-refractivity contribution in [2.75, 3.05) is 13.1 Å². The van der Waals surface area contributed by atoms with Crippen LogP contribution >= 0.6 is 0 Å². The normalized spacial score (nSPS) is 16.8. The molecule has 1 aliphatic rings. The molecule has 1 atom stereocenters. The quantitative estimate of drug-likeness (QED) is 0.870. The van der Waals surface area contributed by atoms with E-state index in [9.17, 15) is 0 Å². The van der Waals surface area contributed by atoms with Crippen LogP contribution in [0, 0.1) is 18.3 Å². The maximum absolute atomic E-state index is 8.98. The van der Waals surface area contributed by atoms with E-state index in [4.69, 9.17) is 9.68 Å². The maximum atomic E-state index is 8.98. The predicted molar refractivity (Wildman–Crippen MR) is 83.3 cm³/mol. The minimum absolute atomic E-state index is 0.427. The van der Waals surface area contributed by atoms with Gasteiger partial charge >= 0.3 is 0 Å². The van der Waals surface area contributed by atoms with Gasteiger partial charge in [-0.1, -0.05) is 6.92 Å². The van der Waals surface area contributed by atoms with Crippen LogP contribution in [0.2, 0.25) is 0 Å². The lowest BCUT2D eigenvalue weighted by Crippen LogP contribution is -2.25. The fourth-order valence-electron chi connectivity index (χ4n) is 3.01. The standard InChI is InChI=1S/C17H22N4O/c1-13(17-5-4-14(2)22-17)6-9-20-7-3-8-21-16(12-20)10-15(11-18)19-21/h4-5,10,13H,3,6-9,12H2,1-2H3/t13-/m1/s1. The van der Waals surface area contributed by atoms with Crippen molar-refractivity contribution in [1.29, 1.82) is 5.26 Å². The lowest BCUT2D eigenvalue weighted by atomic mass is 10.0. The van der Waals surface area contributed by atoms with E-state index in [0.29, 0.717) is 11.6 Å². The van der Waals surface area contributed by atoms with Crippen molar-refractivity contribution < 1.29 is 4.42 Å². The maximum Gasteiger partial charge on any atom is 0.162 e. The molecule has 0 aliphatic carbocycles. The molecule has 0 N–H and O–H groups in total. The van der Waals surface area contributed by atoms with Gasteiger partial charge < -0.3 is 4.42 Å². The fraction of sp³-hybridized carbons (Fsp3) is 0.529. The molecule has 22 heavy (non-hydrogen) atoms. The van der Waals surface area contributed by atoms with Crippen LogP contribution in [0.3, 0.4) is 0 Å². The smallest absolute Gasteiger partial charge is 0.162 e. The highest BCUT2D eigenvalue weighted by molar-refractivity contribution is 5.22. The van der Waals surface area contributed by atoms with Crippen molar-refractivity contribution in [3.05, 3.63) is 41.1 Å². The predicted octanol–water partition coefficient (Wildman–Crippen LogP) is 3.06. The molecule has 0 radical (unpaired) electrons. The molecule has 2 aromatic heterocycles. The van der Waals surface area contributed by atoms with E-state index >= 15 is 0 Å². The number of nitriles is 1. The Bertz CT molecular complexity index is 679. The number of hydrogen-bond donors (Lipinski definition) is 0. The first-order valence-corrected chi connectivity index (χ1v) is 7.91. The fourth-order valence-corrected chi connectivity index (χ4v) is 3.01. The highest BCUT2D eigenvalue weighted by atomic mass is 16.3. The van der Waals surface area contributed by atoms with Crippen LogP contribution in [-0.4, -0.2) is 27.8 Å². The van der Waals surface area contributed by atoms with Crippen molar-refractivity contribution in [3.8, 4) is 6.07 Å². The third-order valence-electron chi connectivity index (χ3n) is 4.33. The Kier molecular flexibility index (Phi) is 4.30. The molecule has 5 nitrogen and oxygen atoms in total. The third-order valence-corrected chi connectivity index (χ3v) is 4.33. The summed E-state index contributed by atoms with van der Waals surface area (Å²) in [5, 5.41) is 13.3. The topological polar surface area (TPSA) is 58.0 Å². The largest absolute Gasteiger partial charge is 0.466 e. The van der Waals surface area contributed by atoms with E-state index < -0.39 is 0 Å². The Labute approximate surface area is 131 Å². The second kappa shape index (κ2) is 6.37. The molecule has 2 aromatic rings. The summed E-state index contributed by atoms with van der Waals surface area (Å²) in [5.74, 6) is 2.48. The number of rotatable bonds is 4. The van der Waals surface area contributed by atoms with Crippen LogP contribution < -0.4 is 0 Å². The summed E-state index contributed by atoms with van der Waals surface area (Å²) in [6.07, 6.45) is 2.15. The lowest BCUT2D eigenvalue weighted by Gasteiger charge is -2.21. The number of nitrogens with zero attached hydrogens (tertiary/aromatic N) is 4. The van der Waals surface area contributed by atoms with Crippen LogP contribution in [0.5, 0.6) is 0 Å². The summed E-state index contributed by atoms with van der Waals surface area (Å²) in [5.41, 5.74) is 1.67. The third kappa shape index (κ3) is 3.23. The van der Waals surface area contributed by atoms with Gasteiger partial charge in [0, 0.05) is 25.6 Å². The molecule has 0 amide bonds. The Hall–Kier alpha value is -2.06. The van der Waals surface area contributed by atoms with Gasteiger partial charge in [0.1, 0.15) is 17.6 Å². The van der Waals surface area contributed by atoms with Crippen molar-refractivity contribution in [2.24, 2.45) is 0 Å². The van der Waals surface area contributed by atoms with E-state index in [0.717, 1.165) is 56.2 Å². The number of aryl methyl sites for hydroxylation is 2. The van der Waals surface area contributed by atoms with Gasteiger partial charge in [-0.2, -0.15) is 10.4 Å². The summed E-state index contributed by atoms with van der Waals surface area (Å²) in [4.78, 5) is 2.45. The highest BCUT2D eigenvalue weighted by Gasteiger charge is 2.18. The van der Waals surface area contributed by atoms with Gasteiger partial charge in [-0.3, -0.25) is 9.58 Å². The van der Waals surface area contributed by atoms with Crippen molar-refractivity contribution in [1.82, 2.24) is 14.7 Å². The summed E-state index contributed by atoms with van der Waals surface area (Å²) in [6.45, 7) is 8.09. The number of fused-ring (bicyclic) bond motifs is 1. The number of aromatic nitrogens is 2. The van der Waals surface area contributed by atoms with Gasteiger partial charge in [-0.15, -0.1) is 0 Å². The summed E-state index contributed by atoms with van der Waals surface area (Å²) in [7, 11) is 0. The molecule has 5 heteroatoms. The van der Waals surface area contributed by atoms with Crippen LogP contribution in [0.15, 0.2) is 22.6 Å². The average Bonchev–Trinajstić information content (AvgIpc) is 3.06. The Morgan fingerprint density at radius 3 is 3.00 bits per heavy atom. The van der Waals surface area contributed by atoms with E-state index in [1.165, 1.54) is 0 Å². The summed E-state index contributed by atoms with van der Waals surface area (Å²) >= 11 is 0. The van der Waals surface area contributed by atoms with Crippen molar-refractivity contribution in [3.63, 3.8) is 0 Å². The van der Waals surface area contributed by atoms with Crippen molar-refractivity contribution >= 4 is 0 Å². The van der Waals surface area contributed by atoms with Gasteiger partial charge in [0.25, 0.3) is 0 Å². The molecule has 116 valence electrons. The molecule has 0 saturated carbocycles. The van der Waals surface area contributed by atoms with Gasteiger partial charge in [-0.05, 0) is 44.5 Å². The first kappa shape index (κ1) is 14.9. The first-order chi connectivity index (χ1) is 10.7. The van der Waals surface area contributed by atoms with Crippen molar-refractivity contribution in [2.45, 2.75) is 45.7 Å². The number of hydrogen-bond acceptors (Lipinski definition) is 4. The van der Waals surface area contributed by atoms with E-state index in [2.05, 4.69) is 29.1 Å². The van der Waals surface area contributed by atoms with Gasteiger partial charge in [-0.25, -0.2) is 0 Å². The summed E-state index contributed by atoms with van der Waals surface area (Å²) < 4.78 is 7.70. The minimum atomic E-state index is 0.427. The van der Waals surface area contributed by atoms with Crippen LogP contribution in [0.1, 0.15) is 48.6 Å². The van der Waals surface area contributed by atoms with Crippen LogP contribution in [0.25, 0.3) is 0 Å². The summed E-state index contributed by atoms with van der Waals surface area (Å²) in [6, 6.07) is 8.15. The Balaban J connectivity index is 1.60. The zero-order chi connectivity index (χ0) is 15.5. The van der Waals surface area contributed by atoms with E-state index in [1.54, 1.807) is 0 Å². The SMILES string of the molecule is Cc1ccc([C@H](C)CCN2CCCn3nc(C#N)cc3C2)o1. The minimum Gasteiger partial charge on any atom is -0.466 e. The Morgan fingerprint density at radius 1 is 1.41 bits per heavy atom. The van der Waals surface area contributed by atoms with E-state index in [1.807, 2.05) is 23.7 Å². The molecule has 3 rings (SSSR count). The molecular formula is C17H22N4O. The molecule has 3 heterocycles. The number of furan rings is 1. The second-order valence-corrected chi connectivity index (χ2v) is 6.12. The zero-order valence-corrected chi connectivity index (χ0v) is 13.2. The molecule has 0 bridgehead atoms. The van der Waals surface area contributed by atoms with Gasteiger partial charge in [0.05, 0.1) is 5.69 Å². The molecule has 0 saturated heterocycles. The zero-order valence-electron chi connectivity index (χ0n) is 13.2. The van der Waals surface area contributed by atoms with Gasteiger partial charge in [0.2, 0.25) is 0 Å². The first-order valence-electron chi connectivity index (χ1n) is 7.91. The molecule has 1 aliphatic heterocycles. The van der Waals surface area contributed by atoms with Gasteiger partial charge in [0.15, 0.2) is 5.69 Å². The van der Waals surface area contributed by atoms with Crippen LogP contribution in [-0.2, 0) is 13.1 Å². The average molecular weight is 298 g/mol. The molecular weight excluding hydrogens is 276 g/mol. The molecule has 0 spiro atoms. The lowest BCUT2D eigenvalue weighted by molar-refractivity contribution is 0.255. The molecule has 0 aromatic carbocycles. The Morgan fingerprint density at radius 2 is 2.27 bits per heavy atom. The molecule has 0 unspecified atom stereocenters. The second-order valence-electron chi connectivity index (χ2n) is 6.12.